The molecule has 134 valence electrons. The van der Waals surface area contributed by atoms with Crippen LogP contribution in [0.4, 0.5) is 0 Å². The summed E-state index contributed by atoms with van der Waals surface area (Å²) >= 11 is 0. The van der Waals surface area contributed by atoms with Gasteiger partial charge in [0, 0.05) is 18.4 Å². The minimum absolute atomic E-state index is 0.153. The lowest BCUT2D eigenvalue weighted by Crippen LogP contribution is -2.37. The van der Waals surface area contributed by atoms with Crippen molar-refractivity contribution < 1.29 is 4.79 Å². The second kappa shape index (κ2) is 7.21. The zero-order valence-corrected chi connectivity index (χ0v) is 14.8. The number of nitrogens with one attached hydrogen (secondary N) is 1. The van der Waals surface area contributed by atoms with E-state index < -0.39 is 0 Å². The van der Waals surface area contributed by atoms with E-state index in [2.05, 4.69) is 37.4 Å². The number of aryl methyl sites for hydroxylation is 1. The Bertz CT molecular complexity index is 901. The highest BCUT2D eigenvalue weighted by Crippen LogP contribution is 2.24. The van der Waals surface area contributed by atoms with E-state index in [0.717, 1.165) is 18.8 Å². The summed E-state index contributed by atoms with van der Waals surface area (Å²) in [5.41, 5.74) is 2.11. The smallest absolute Gasteiger partial charge is 0.291 e. The fourth-order valence-electron chi connectivity index (χ4n) is 3.46. The molecule has 1 aliphatic rings. The number of hydrogen-bond donors (Lipinski definition) is 1. The third kappa shape index (κ3) is 3.30. The van der Waals surface area contributed by atoms with Crippen LogP contribution in [0.1, 0.15) is 40.8 Å². The molecule has 7 nitrogen and oxygen atoms in total. The first kappa shape index (κ1) is 16.7. The Morgan fingerprint density at radius 1 is 1.19 bits per heavy atom. The van der Waals surface area contributed by atoms with Crippen LogP contribution in [0.15, 0.2) is 42.6 Å². The number of carbonyl (C=O) groups is 1. The van der Waals surface area contributed by atoms with Crippen molar-refractivity contribution in [3.63, 3.8) is 0 Å². The summed E-state index contributed by atoms with van der Waals surface area (Å²) in [6, 6.07) is 12.3. The molecule has 0 radical (unpaired) electrons. The first-order valence-corrected chi connectivity index (χ1v) is 8.98. The van der Waals surface area contributed by atoms with E-state index in [9.17, 15) is 4.79 Å². The fraction of sp³-hybridized carbons (Fsp3) is 0.368. The molecule has 2 aromatic heterocycles. The molecule has 3 heterocycles. The number of aromatic nitrogens is 4. The van der Waals surface area contributed by atoms with E-state index in [1.54, 1.807) is 10.7 Å². The highest BCUT2D eigenvalue weighted by Gasteiger charge is 2.24. The van der Waals surface area contributed by atoms with Crippen molar-refractivity contribution in [1.82, 2.24) is 29.8 Å². The van der Waals surface area contributed by atoms with Gasteiger partial charge in [-0.3, -0.25) is 9.69 Å². The normalized spacial score (nSPS) is 16.0. The quantitative estimate of drug-likeness (QED) is 0.762. The van der Waals surface area contributed by atoms with Gasteiger partial charge in [-0.25, -0.2) is 9.50 Å². The second-order valence-electron chi connectivity index (χ2n) is 6.61. The highest BCUT2D eigenvalue weighted by atomic mass is 16.2. The molecule has 7 heteroatoms. The molecular weight excluding hydrogens is 328 g/mol. The molecule has 1 unspecified atom stereocenters. The van der Waals surface area contributed by atoms with Crippen LogP contribution < -0.4 is 5.32 Å². The number of nitrogens with zero attached hydrogens (tertiary/aromatic N) is 5. The van der Waals surface area contributed by atoms with Crippen LogP contribution in [0.25, 0.3) is 5.78 Å². The van der Waals surface area contributed by atoms with Crippen molar-refractivity contribution in [3.05, 3.63) is 59.7 Å². The van der Waals surface area contributed by atoms with Gasteiger partial charge in [0.2, 0.25) is 5.82 Å². The maximum Gasteiger partial charge on any atom is 0.291 e. The van der Waals surface area contributed by atoms with Gasteiger partial charge in [0.1, 0.15) is 0 Å². The summed E-state index contributed by atoms with van der Waals surface area (Å²) in [5.74, 6) is 0.323. The molecule has 1 amide bonds. The Balaban J connectivity index is 1.51. The second-order valence-corrected chi connectivity index (χ2v) is 6.61. The Morgan fingerprint density at radius 3 is 2.69 bits per heavy atom. The SMILES string of the molecule is Cc1ccnc2nc(C(=O)NCC(c3ccccc3)N3CCCC3)nn12. The summed E-state index contributed by atoms with van der Waals surface area (Å²) in [4.78, 5) is 23.4. The van der Waals surface area contributed by atoms with Gasteiger partial charge in [0.15, 0.2) is 0 Å². The molecule has 26 heavy (non-hydrogen) atoms. The number of carbonyl (C=O) groups excluding carboxylic acids is 1. The average Bonchev–Trinajstić information content (AvgIpc) is 3.33. The molecule has 0 spiro atoms. The predicted octanol–water partition coefficient (Wildman–Crippen LogP) is 2.00. The summed E-state index contributed by atoms with van der Waals surface area (Å²) in [6.07, 6.45) is 4.08. The lowest BCUT2D eigenvalue weighted by atomic mass is 10.1. The number of benzene rings is 1. The molecule has 3 aromatic rings. The molecule has 1 aromatic carbocycles. The van der Waals surface area contributed by atoms with E-state index >= 15 is 0 Å². The largest absolute Gasteiger partial charge is 0.347 e. The zero-order chi connectivity index (χ0) is 17.9. The minimum Gasteiger partial charge on any atom is -0.347 e. The number of likely N-dealkylation sites (tertiary alicyclic amines) is 1. The van der Waals surface area contributed by atoms with Crippen LogP contribution in [-0.4, -0.2) is 50.0 Å². The first-order chi connectivity index (χ1) is 12.7. The van der Waals surface area contributed by atoms with Crippen molar-refractivity contribution in [2.75, 3.05) is 19.6 Å². The molecule has 4 rings (SSSR count). The van der Waals surface area contributed by atoms with Crippen molar-refractivity contribution >= 4 is 11.7 Å². The lowest BCUT2D eigenvalue weighted by Gasteiger charge is -2.28. The number of hydrogen-bond acceptors (Lipinski definition) is 5. The van der Waals surface area contributed by atoms with Crippen LogP contribution in [0.2, 0.25) is 0 Å². The van der Waals surface area contributed by atoms with Crippen molar-refractivity contribution in [3.8, 4) is 0 Å². The fourth-order valence-corrected chi connectivity index (χ4v) is 3.46. The third-order valence-corrected chi connectivity index (χ3v) is 4.85. The highest BCUT2D eigenvalue weighted by molar-refractivity contribution is 5.90. The lowest BCUT2D eigenvalue weighted by molar-refractivity contribution is 0.0927. The van der Waals surface area contributed by atoms with E-state index in [-0.39, 0.29) is 17.8 Å². The standard InChI is InChI=1S/C19H22N6O/c1-14-9-10-20-19-22-17(23-25(14)19)18(26)21-13-16(24-11-5-6-12-24)15-7-3-2-4-8-15/h2-4,7-10,16H,5-6,11-13H2,1H3,(H,21,26). The van der Waals surface area contributed by atoms with Crippen LogP contribution in [0.5, 0.6) is 0 Å². The van der Waals surface area contributed by atoms with Gasteiger partial charge < -0.3 is 5.32 Å². The van der Waals surface area contributed by atoms with Crippen molar-refractivity contribution in [1.29, 1.82) is 0 Å². The maximum absolute atomic E-state index is 12.6. The monoisotopic (exact) mass is 350 g/mol. The van der Waals surface area contributed by atoms with E-state index in [1.165, 1.54) is 18.4 Å². The van der Waals surface area contributed by atoms with Crippen molar-refractivity contribution in [2.24, 2.45) is 0 Å². The Labute approximate surface area is 152 Å². The predicted molar refractivity (Wildman–Crippen MR) is 97.8 cm³/mol. The summed E-state index contributed by atoms with van der Waals surface area (Å²) in [5, 5.41) is 7.29. The molecule has 1 atom stereocenters. The third-order valence-electron chi connectivity index (χ3n) is 4.85. The molecule has 0 bridgehead atoms. The van der Waals surface area contributed by atoms with Crippen LogP contribution in [-0.2, 0) is 0 Å². The molecular formula is C19H22N6O. The summed E-state index contributed by atoms with van der Waals surface area (Å²) in [6.45, 7) is 4.56. The van der Waals surface area contributed by atoms with Gasteiger partial charge >= 0.3 is 0 Å². The zero-order valence-electron chi connectivity index (χ0n) is 14.8. The molecule has 0 saturated carbocycles. The van der Waals surface area contributed by atoms with Gasteiger partial charge in [-0.1, -0.05) is 30.3 Å². The minimum atomic E-state index is -0.268. The van der Waals surface area contributed by atoms with E-state index in [1.807, 2.05) is 31.2 Å². The van der Waals surface area contributed by atoms with Gasteiger partial charge in [-0.15, -0.1) is 5.10 Å². The maximum atomic E-state index is 12.6. The molecule has 0 aliphatic carbocycles. The van der Waals surface area contributed by atoms with Gasteiger partial charge in [0.05, 0.1) is 6.04 Å². The van der Waals surface area contributed by atoms with E-state index in [0.29, 0.717) is 12.3 Å². The van der Waals surface area contributed by atoms with Crippen LogP contribution in [0, 0.1) is 6.92 Å². The average molecular weight is 350 g/mol. The van der Waals surface area contributed by atoms with Crippen molar-refractivity contribution in [2.45, 2.75) is 25.8 Å². The summed E-state index contributed by atoms with van der Waals surface area (Å²) < 4.78 is 1.59. The molecule has 1 N–H and O–H groups in total. The Morgan fingerprint density at radius 2 is 1.96 bits per heavy atom. The molecule has 1 aliphatic heterocycles. The van der Waals surface area contributed by atoms with Crippen LogP contribution >= 0.6 is 0 Å². The van der Waals surface area contributed by atoms with Gasteiger partial charge in [0.25, 0.3) is 11.7 Å². The summed E-state index contributed by atoms with van der Waals surface area (Å²) in [7, 11) is 0. The Hall–Kier alpha value is -2.80. The van der Waals surface area contributed by atoms with Gasteiger partial charge in [-0.05, 0) is 44.5 Å². The van der Waals surface area contributed by atoms with Crippen LogP contribution in [0.3, 0.4) is 0 Å². The topological polar surface area (TPSA) is 75.4 Å². The van der Waals surface area contributed by atoms with E-state index in [4.69, 9.17) is 0 Å². The number of fused-ring (bicyclic) bond motifs is 1. The first-order valence-electron chi connectivity index (χ1n) is 8.98. The number of rotatable bonds is 5. The molecule has 1 fully saturated rings. The van der Waals surface area contributed by atoms with Gasteiger partial charge in [-0.2, -0.15) is 4.98 Å². The molecule has 1 saturated heterocycles. The number of amides is 1. The Kier molecular flexibility index (Phi) is 4.62.